The minimum Gasteiger partial charge on any atom is -0.353 e. The van der Waals surface area contributed by atoms with Crippen molar-refractivity contribution in [1.29, 1.82) is 0 Å². The second-order valence-electron chi connectivity index (χ2n) is 10.9. The number of piperazine rings is 1. The van der Waals surface area contributed by atoms with Gasteiger partial charge < -0.3 is 25.0 Å². The molecule has 0 bridgehead atoms. The van der Waals surface area contributed by atoms with Crippen LogP contribution in [-0.4, -0.2) is 77.1 Å². The van der Waals surface area contributed by atoms with Crippen molar-refractivity contribution in [2.24, 2.45) is 0 Å². The first kappa shape index (κ1) is 26.5. The third-order valence-electron chi connectivity index (χ3n) is 8.15. The number of imidazole rings is 1. The number of amides is 1. The number of likely N-dealkylation sites (tertiary alicyclic amines) is 1. The number of hydrogen-bond donors (Lipinski definition) is 2. The molecule has 40 heavy (non-hydrogen) atoms. The van der Waals surface area contributed by atoms with Gasteiger partial charge in [0.15, 0.2) is 0 Å². The zero-order valence-corrected chi connectivity index (χ0v) is 22.9. The van der Waals surface area contributed by atoms with E-state index in [1.807, 2.05) is 47.4 Å². The molecule has 2 saturated heterocycles. The Labute approximate surface area is 235 Å². The number of nitrogens with zero attached hydrogens (tertiary/aromatic N) is 4. The summed E-state index contributed by atoms with van der Waals surface area (Å²) in [4.78, 5) is 22.1. The molecule has 3 aromatic carbocycles. The molecule has 0 unspecified atom stereocenters. The number of fused-ring (bicyclic) bond motifs is 1. The molecule has 0 radical (unpaired) electrons. The van der Waals surface area contributed by atoms with Gasteiger partial charge >= 0.3 is 0 Å². The molecule has 1 amide bonds. The number of nitrogens with one attached hydrogen (secondary N) is 2. The summed E-state index contributed by atoms with van der Waals surface area (Å²) in [5.74, 6) is 0.788. The summed E-state index contributed by atoms with van der Waals surface area (Å²) in [6, 6.07) is 23.4. The van der Waals surface area contributed by atoms with Gasteiger partial charge in [-0.15, -0.1) is 0 Å². The highest BCUT2D eigenvalue weighted by Crippen LogP contribution is 2.24. The molecular weight excluding hydrogens is 503 g/mol. The first-order chi connectivity index (χ1) is 19.6. The molecule has 208 valence electrons. The number of carbonyl (C=O) groups is 1. The Balaban J connectivity index is 1.02. The lowest BCUT2D eigenvalue weighted by atomic mass is 10.0. The Bertz CT molecular complexity index is 1420. The van der Waals surface area contributed by atoms with Crippen molar-refractivity contribution in [3.63, 3.8) is 0 Å². The van der Waals surface area contributed by atoms with E-state index in [9.17, 15) is 9.18 Å². The number of hydrogen-bond acceptors (Lipinski definition) is 5. The van der Waals surface area contributed by atoms with Crippen molar-refractivity contribution in [2.45, 2.75) is 31.8 Å². The topological polar surface area (TPSA) is 65.4 Å². The maximum Gasteiger partial charge on any atom is 0.253 e. The van der Waals surface area contributed by atoms with Crippen LogP contribution in [-0.2, 0) is 13.0 Å². The Hall–Kier alpha value is -3.75. The van der Waals surface area contributed by atoms with E-state index in [0.29, 0.717) is 12.6 Å². The highest BCUT2D eigenvalue weighted by molar-refractivity contribution is 5.94. The van der Waals surface area contributed by atoms with Crippen LogP contribution < -0.4 is 10.6 Å². The monoisotopic (exact) mass is 540 g/mol. The molecular formula is C32H37FN6O. The third-order valence-corrected chi connectivity index (χ3v) is 8.15. The summed E-state index contributed by atoms with van der Waals surface area (Å²) in [5.41, 5.74) is 5.14. The van der Waals surface area contributed by atoms with Crippen molar-refractivity contribution in [3.8, 4) is 0 Å². The van der Waals surface area contributed by atoms with E-state index in [0.717, 1.165) is 93.2 Å². The van der Waals surface area contributed by atoms with Gasteiger partial charge in [-0.1, -0.05) is 36.4 Å². The number of rotatable bonds is 8. The number of benzene rings is 3. The van der Waals surface area contributed by atoms with E-state index >= 15 is 0 Å². The van der Waals surface area contributed by atoms with Gasteiger partial charge in [0, 0.05) is 57.4 Å². The van der Waals surface area contributed by atoms with Crippen molar-refractivity contribution in [3.05, 3.63) is 95.3 Å². The van der Waals surface area contributed by atoms with Crippen LogP contribution in [0.5, 0.6) is 0 Å². The van der Waals surface area contributed by atoms with Crippen molar-refractivity contribution >= 4 is 22.9 Å². The highest BCUT2D eigenvalue weighted by Gasteiger charge is 2.22. The third kappa shape index (κ3) is 6.18. The van der Waals surface area contributed by atoms with Crippen LogP contribution in [0.3, 0.4) is 0 Å². The van der Waals surface area contributed by atoms with Gasteiger partial charge in [0.1, 0.15) is 5.82 Å². The van der Waals surface area contributed by atoms with Crippen molar-refractivity contribution in [1.82, 2.24) is 24.7 Å². The average Bonchev–Trinajstić information content (AvgIpc) is 3.34. The lowest BCUT2D eigenvalue weighted by Gasteiger charge is -2.32. The number of carbonyl (C=O) groups excluding carboxylic acids is 1. The molecule has 0 spiro atoms. The summed E-state index contributed by atoms with van der Waals surface area (Å²) in [5, 5.41) is 7.01. The van der Waals surface area contributed by atoms with Crippen LogP contribution in [0.1, 0.15) is 34.3 Å². The minimum atomic E-state index is -0.220. The zero-order chi connectivity index (χ0) is 27.3. The second kappa shape index (κ2) is 12.2. The predicted molar refractivity (Wildman–Crippen MR) is 157 cm³/mol. The van der Waals surface area contributed by atoms with Crippen molar-refractivity contribution < 1.29 is 9.18 Å². The van der Waals surface area contributed by atoms with Crippen LogP contribution in [0, 0.1) is 5.82 Å². The molecule has 0 saturated carbocycles. The smallest absolute Gasteiger partial charge is 0.253 e. The maximum atomic E-state index is 13.4. The number of halogens is 1. The van der Waals surface area contributed by atoms with E-state index in [1.165, 1.54) is 17.7 Å². The predicted octanol–water partition coefficient (Wildman–Crippen LogP) is 4.39. The summed E-state index contributed by atoms with van der Waals surface area (Å²) in [6.45, 7) is 7.02. The van der Waals surface area contributed by atoms with Crippen LogP contribution in [0.2, 0.25) is 0 Å². The SMILES string of the molecule is O=C(c1ccc(CCN2CCC(Nc3nc4ccccc4n3Cc3ccc(F)cc3)CC2)cc1)N1CCNCC1. The normalized spacial score (nSPS) is 16.9. The van der Waals surface area contributed by atoms with Gasteiger partial charge in [-0.05, 0) is 66.8 Å². The molecule has 7 nitrogen and oxygen atoms in total. The van der Waals surface area contributed by atoms with E-state index in [2.05, 4.69) is 38.3 Å². The zero-order valence-electron chi connectivity index (χ0n) is 22.9. The first-order valence-electron chi connectivity index (χ1n) is 14.4. The van der Waals surface area contributed by atoms with Crippen LogP contribution >= 0.6 is 0 Å². The molecule has 2 N–H and O–H groups in total. The largest absolute Gasteiger partial charge is 0.353 e. The minimum absolute atomic E-state index is 0.133. The van der Waals surface area contributed by atoms with E-state index in [1.54, 1.807) is 0 Å². The quantitative estimate of drug-likeness (QED) is 0.347. The van der Waals surface area contributed by atoms with Crippen LogP contribution in [0.15, 0.2) is 72.8 Å². The molecule has 1 aromatic heterocycles. The van der Waals surface area contributed by atoms with Crippen LogP contribution in [0.25, 0.3) is 11.0 Å². The van der Waals surface area contributed by atoms with E-state index in [4.69, 9.17) is 4.98 Å². The molecule has 2 fully saturated rings. The molecule has 2 aliphatic heterocycles. The molecule has 0 aliphatic carbocycles. The Kier molecular flexibility index (Phi) is 8.07. The lowest BCUT2D eigenvalue weighted by molar-refractivity contribution is 0.0736. The van der Waals surface area contributed by atoms with Gasteiger partial charge in [-0.25, -0.2) is 9.37 Å². The van der Waals surface area contributed by atoms with Crippen LogP contribution in [0.4, 0.5) is 10.3 Å². The Morgan fingerprint density at radius 1 is 0.900 bits per heavy atom. The maximum absolute atomic E-state index is 13.4. The summed E-state index contributed by atoms with van der Waals surface area (Å²) in [7, 11) is 0. The standard InChI is InChI=1S/C32H37FN6O/c33-27-11-7-25(8-12-27)23-39-30-4-2-1-3-29(30)36-32(39)35-28-14-19-37(20-15-28)18-13-24-5-9-26(10-6-24)31(40)38-21-16-34-17-22-38/h1-12,28,34H,13-23H2,(H,35,36). The Morgan fingerprint density at radius 3 is 2.35 bits per heavy atom. The fraction of sp³-hybridized carbons (Fsp3) is 0.375. The fourth-order valence-corrected chi connectivity index (χ4v) is 5.75. The molecule has 4 aromatic rings. The molecule has 0 atom stereocenters. The number of piperidine rings is 1. The summed E-state index contributed by atoms with van der Waals surface area (Å²) >= 11 is 0. The van der Waals surface area contributed by atoms with Gasteiger partial charge in [-0.2, -0.15) is 0 Å². The van der Waals surface area contributed by atoms with Gasteiger partial charge in [0.05, 0.1) is 17.6 Å². The molecule has 6 rings (SSSR count). The Morgan fingerprint density at radius 2 is 1.60 bits per heavy atom. The van der Waals surface area contributed by atoms with E-state index < -0.39 is 0 Å². The van der Waals surface area contributed by atoms with Gasteiger partial charge in [0.25, 0.3) is 5.91 Å². The number of anilines is 1. The second-order valence-corrected chi connectivity index (χ2v) is 10.9. The summed E-state index contributed by atoms with van der Waals surface area (Å²) < 4.78 is 15.6. The number of aromatic nitrogens is 2. The first-order valence-corrected chi connectivity index (χ1v) is 14.4. The average molecular weight is 541 g/mol. The van der Waals surface area contributed by atoms with Gasteiger partial charge in [-0.3, -0.25) is 4.79 Å². The number of para-hydroxylation sites is 2. The molecule has 3 heterocycles. The van der Waals surface area contributed by atoms with Crippen molar-refractivity contribution in [2.75, 3.05) is 51.1 Å². The van der Waals surface area contributed by atoms with E-state index in [-0.39, 0.29) is 11.7 Å². The highest BCUT2D eigenvalue weighted by atomic mass is 19.1. The summed E-state index contributed by atoms with van der Waals surface area (Å²) in [6.07, 6.45) is 3.09. The molecule has 8 heteroatoms. The molecule has 2 aliphatic rings. The van der Waals surface area contributed by atoms with Gasteiger partial charge in [0.2, 0.25) is 5.95 Å². The fourth-order valence-electron chi connectivity index (χ4n) is 5.75. The lowest BCUT2D eigenvalue weighted by Crippen LogP contribution is -2.46.